The zero-order valence-electron chi connectivity index (χ0n) is 12.7. The van der Waals surface area contributed by atoms with Crippen LogP contribution in [0.25, 0.3) is 0 Å². The lowest BCUT2D eigenvalue weighted by molar-refractivity contribution is 0.209. The predicted molar refractivity (Wildman–Crippen MR) is 84.1 cm³/mol. The van der Waals surface area contributed by atoms with Gasteiger partial charge in [0.1, 0.15) is 0 Å². The van der Waals surface area contributed by atoms with Crippen LogP contribution in [0, 0.1) is 5.92 Å². The summed E-state index contributed by atoms with van der Waals surface area (Å²) in [5.41, 5.74) is 1.33. The molecule has 0 aromatic heterocycles. The van der Waals surface area contributed by atoms with Crippen molar-refractivity contribution < 1.29 is 9.90 Å². The van der Waals surface area contributed by atoms with Gasteiger partial charge in [-0.2, -0.15) is 0 Å². The smallest absolute Gasteiger partial charge is 0.315 e. The maximum Gasteiger partial charge on any atom is 0.315 e. The third-order valence-corrected chi connectivity index (χ3v) is 4.36. The Bertz CT molecular complexity index is 432. The van der Waals surface area contributed by atoms with Crippen LogP contribution < -0.4 is 10.6 Å². The van der Waals surface area contributed by atoms with E-state index in [1.165, 1.54) is 12.0 Å². The molecule has 0 saturated heterocycles. The minimum Gasteiger partial charge on any atom is -0.394 e. The van der Waals surface area contributed by atoms with Gasteiger partial charge in [-0.3, -0.25) is 0 Å². The number of aliphatic hydroxyl groups is 1. The van der Waals surface area contributed by atoms with Gasteiger partial charge in [-0.1, -0.05) is 43.7 Å². The van der Waals surface area contributed by atoms with E-state index in [1.807, 2.05) is 13.0 Å². The van der Waals surface area contributed by atoms with E-state index >= 15 is 0 Å². The van der Waals surface area contributed by atoms with Crippen LogP contribution in [-0.4, -0.2) is 29.8 Å². The summed E-state index contributed by atoms with van der Waals surface area (Å²) in [6.07, 6.45) is 5.13. The number of aliphatic hydroxyl groups excluding tert-OH is 1. The Hall–Kier alpha value is -1.55. The first-order chi connectivity index (χ1) is 10.2. The molecule has 0 bridgehead atoms. The summed E-state index contributed by atoms with van der Waals surface area (Å²) in [6.45, 7) is 1.94. The zero-order chi connectivity index (χ0) is 15.1. The lowest BCUT2D eigenvalue weighted by Gasteiger charge is -2.23. The van der Waals surface area contributed by atoms with Crippen LogP contribution in [0.15, 0.2) is 30.3 Å². The van der Waals surface area contributed by atoms with E-state index in [0.717, 1.165) is 25.7 Å². The van der Waals surface area contributed by atoms with Gasteiger partial charge in [-0.25, -0.2) is 4.79 Å². The summed E-state index contributed by atoms with van der Waals surface area (Å²) >= 11 is 0. The molecule has 116 valence electrons. The first-order valence-corrected chi connectivity index (χ1v) is 7.94. The molecule has 4 nitrogen and oxygen atoms in total. The van der Waals surface area contributed by atoms with Crippen LogP contribution in [0.2, 0.25) is 0 Å². The van der Waals surface area contributed by atoms with Crippen molar-refractivity contribution in [3.8, 4) is 0 Å². The van der Waals surface area contributed by atoms with Gasteiger partial charge < -0.3 is 15.7 Å². The molecule has 1 aromatic rings. The molecule has 2 amide bonds. The molecule has 2 rings (SSSR count). The zero-order valence-corrected chi connectivity index (χ0v) is 12.7. The molecular formula is C17H26N2O2. The average Bonchev–Trinajstić information content (AvgIpc) is 2.92. The Morgan fingerprint density at radius 3 is 2.76 bits per heavy atom. The molecule has 0 spiro atoms. The van der Waals surface area contributed by atoms with Gasteiger partial charge in [0.2, 0.25) is 0 Å². The monoisotopic (exact) mass is 290 g/mol. The highest BCUT2D eigenvalue weighted by atomic mass is 16.3. The lowest BCUT2D eigenvalue weighted by atomic mass is 9.95. The molecule has 3 atom stereocenters. The van der Waals surface area contributed by atoms with Gasteiger partial charge >= 0.3 is 6.03 Å². The van der Waals surface area contributed by atoms with Crippen LogP contribution in [-0.2, 0) is 6.42 Å². The third kappa shape index (κ3) is 4.74. The number of rotatable bonds is 6. The van der Waals surface area contributed by atoms with Crippen LogP contribution in [0.4, 0.5) is 4.79 Å². The summed E-state index contributed by atoms with van der Waals surface area (Å²) in [6, 6.07) is 10.4. The van der Waals surface area contributed by atoms with Crippen molar-refractivity contribution in [1.82, 2.24) is 10.6 Å². The van der Waals surface area contributed by atoms with Crippen LogP contribution in [0.3, 0.4) is 0 Å². The molecule has 1 fully saturated rings. The number of amides is 2. The van der Waals surface area contributed by atoms with Crippen molar-refractivity contribution in [2.24, 2.45) is 5.92 Å². The summed E-state index contributed by atoms with van der Waals surface area (Å²) in [5.74, 6) is 0.507. The predicted octanol–water partition coefficient (Wildman–Crippen LogP) is 2.47. The SMILES string of the molecule is CCC(CO)NC(=O)NC1CCCC1Cc1ccccc1. The fraction of sp³-hybridized carbons (Fsp3) is 0.588. The van der Waals surface area contributed by atoms with Crippen molar-refractivity contribution in [3.63, 3.8) is 0 Å². The van der Waals surface area contributed by atoms with Gasteiger partial charge in [-0.15, -0.1) is 0 Å². The second-order valence-electron chi connectivity index (χ2n) is 5.89. The molecule has 0 heterocycles. The van der Waals surface area contributed by atoms with Crippen LogP contribution in [0.1, 0.15) is 38.2 Å². The number of carbonyl (C=O) groups excluding carboxylic acids is 1. The van der Waals surface area contributed by atoms with E-state index in [-0.39, 0.29) is 24.7 Å². The molecule has 1 aromatic carbocycles. The van der Waals surface area contributed by atoms with Crippen molar-refractivity contribution in [3.05, 3.63) is 35.9 Å². The van der Waals surface area contributed by atoms with E-state index in [0.29, 0.717) is 5.92 Å². The Labute approximate surface area is 126 Å². The largest absolute Gasteiger partial charge is 0.394 e. The van der Waals surface area contributed by atoms with Crippen molar-refractivity contribution in [1.29, 1.82) is 0 Å². The van der Waals surface area contributed by atoms with E-state index < -0.39 is 0 Å². The van der Waals surface area contributed by atoms with E-state index in [9.17, 15) is 4.79 Å². The van der Waals surface area contributed by atoms with Gasteiger partial charge in [0.15, 0.2) is 0 Å². The number of benzene rings is 1. The van der Waals surface area contributed by atoms with Gasteiger partial charge in [0.25, 0.3) is 0 Å². The first-order valence-electron chi connectivity index (χ1n) is 7.94. The van der Waals surface area contributed by atoms with Gasteiger partial charge in [0, 0.05) is 6.04 Å². The maximum absolute atomic E-state index is 12.0. The van der Waals surface area contributed by atoms with Gasteiger partial charge in [0.05, 0.1) is 12.6 Å². The van der Waals surface area contributed by atoms with Crippen molar-refractivity contribution in [2.75, 3.05) is 6.61 Å². The number of carbonyl (C=O) groups is 1. The Balaban J connectivity index is 1.85. The highest BCUT2D eigenvalue weighted by Gasteiger charge is 2.28. The molecule has 0 radical (unpaired) electrons. The molecule has 21 heavy (non-hydrogen) atoms. The lowest BCUT2D eigenvalue weighted by Crippen LogP contribution is -2.48. The highest BCUT2D eigenvalue weighted by molar-refractivity contribution is 5.74. The Kier molecular flexibility index (Phi) is 6.05. The topological polar surface area (TPSA) is 61.4 Å². The Morgan fingerprint density at radius 1 is 1.33 bits per heavy atom. The summed E-state index contributed by atoms with van der Waals surface area (Å²) in [4.78, 5) is 12.0. The van der Waals surface area contributed by atoms with Gasteiger partial charge in [-0.05, 0) is 37.2 Å². The normalized spacial score (nSPS) is 22.8. The molecule has 1 aliphatic rings. The fourth-order valence-corrected chi connectivity index (χ4v) is 3.06. The summed E-state index contributed by atoms with van der Waals surface area (Å²) in [7, 11) is 0. The highest BCUT2D eigenvalue weighted by Crippen LogP contribution is 2.28. The number of nitrogens with one attached hydrogen (secondary N) is 2. The van der Waals surface area contributed by atoms with E-state index in [4.69, 9.17) is 5.11 Å². The standard InChI is InChI=1S/C17H26N2O2/c1-2-15(12-20)18-17(21)19-16-10-6-9-14(16)11-13-7-4-3-5-8-13/h3-5,7-8,14-16,20H,2,6,9-12H2,1H3,(H2,18,19,21). The minimum absolute atomic E-state index is 0.0119. The fourth-order valence-electron chi connectivity index (χ4n) is 3.06. The first kappa shape index (κ1) is 15.8. The molecular weight excluding hydrogens is 264 g/mol. The van der Waals surface area contributed by atoms with E-state index in [1.54, 1.807) is 0 Å². The second-order valence-corrected chi connectivity index (χ2v) is 5.89. The second kappa shape index (κ2) is 8.03. The molecule has 1 aliphatic carbocycles. The summed E-state index contributed by atoms with van der Waals surface area (Å²) in [5, 5.41) is 15.1. The number of urea groups is 1. The van der Waals surface area contributed by atoms with Crippen LogP contribution >= 0.6 is 0 Å². The molecule has 0 aliphatic heterocycles. The van der Waals surface area contributed by atoms with E-state index in [2.05, 4.69) is 34.9 Å². The van der Waals surface area contributed by atoms with Crippen molar-refractivity contribution >= 4 is 6.03 Å². The number of hydrogen-bond acceptors (Lipinski definition) is 2. The molecule has 3 unspecified atom stereocenters. The average molecular weight is 290 g/mol. The number of hydrogen-bond donors (Lipinski definition) is 3. The molecule has 4 heteroatoms. The third-order valence-electron chi connectivity index (χ3n) is 4.36. The minimum atomic E-state index is -0.154. The maximum atomic E-state index is 12.0. The Morgan fingerprint density at radius 2 is 2.10 bits per heavy atom. The quantitative estimate of drug-likeness (QED) is 0.753. The summed E-state index contributed by atoms with van der Waals surface area (Å²) < 4.78 is 0. The van der Waals surface area contributed by atoms with Crippen LogP contribution in [0.5, 0.6) is 0 Å². The van der Waals surface area contributed by atoms with Crippen molar-refractivity contribution in [2.45, 2.75) is 51.1 Å². The molecule has 3 N–H and O–H groups in total. The molecule has 1 saturated carbocycles.